The van der Waals surface area contributed by atoms with Gasteiger partial charge in [0.05, 0.1) is 18.8 Å². The summed E-state index contributed by atoms with van der Waals surface area (Å²) in [6.45, 7) is 3.60. The van der Waals surface area contributed by atoms with Crippen molar-refractivity contribution in [2.75, 3.05) is 33.9 Å². The summed E-state index contributed by atoms with van der Waals surface area (Å²) in [6.07, 6.45) is 0.826. The highest BCUT2D eigenvalue weighted by Gasteiger charge is 2.41. The number of benzene rings is 2. The van der Waals surface area contributed by atoms with Gasteiger partial charge in [-0.3, -0.25) is 4.79 Å². The first-order valence-electron chi connectivity index (χ1n) is 11.0. The van der Waals surface area contributed by atoms with E-state index in [0.717, 1.165) is 17.5 Å². The topological polar surface area (TPSA) is 42.0 Å². The van der Waals surface area contributed by atoms with Crippen LogP contribution in [0.5, 0.6) is 0 Å². The third kappa shape index (κ3) is 4.52. The average molecular weight is 427 g/mol. The second-order valence-corrected chi connectivity index (χ2v) is 8.52. The first kappa shape index (κ1) is 21.9. The van der Waals surface area contributed by atoms with Crippen LogP contribution in [0.15, 0.2) is 48.5 Å². The van der Waals surface area contributed by atoms with Crippen molar-refractivity contribution in [3.63, 3.8) is 0 Å². The van der Waals surface area contributed by atoms with Crippen molar-refractivity contribution in [1.29, 1.82) is 0 Å². The summed E-state index contributed by atoms with van der Waals surface area (Å²) in [7, 11) is 4.03. The zero-order valence-corrected chi connectivity index (χ0v) is 18.5. The molecule has 0 aliphatic carbocycles. The minimum absolute atomic E-state index is 0.00868. The molecule has 4 atom stereocenters. The van der Waals surface area contributed by atoms with E-state index < -0.39 is 6.10 Å². The number of amides is 1. The summed E-state index contributed by atoms with van der Waals surface area (Å²) < 4.78 is 25.5. The number of rotatable bonds is 5. The summed E-state index contributed by atoms with van der Waals surface area (Å²) in [5, 5.41) is 0. The highest BCUT2D eigenvalue weighted by Crippen LogP contribution is 2.36. The monoisotopic (exact) mass is 426 g/mol. The molecule has 0 aromatic heterocycles. The number of carbonyl (C=O) groups excluding carboxylic acids is 1. The molecule has 0 unspecified atom stereocenters. The highest BCUT2D eigenvalue weighted by molar-refractivity contribution is 5.82. The Kier molecular flexibility index (Phi) is 6.70. The van der Waals surface area contributed by atoms with Gasteiger partial charge < -0.3 is 19.3 Å². The Labute approximate surface area is 183 Å². The minimum atomic E-state index is -0.516. The second kappa shape index (κ2) is 9.47. The van der Waals surface area contributed by atoms with Gasteiger partial charge >= 0.3 is 0 Å². The number of ether oxygens (including phenoxy) is 2. The van der Waals surface area contributed by atoms with Gasteiger partial charge in [0.15, 0.2) is 0 Å². The summed E-state index contributed by atoms with van der Waals surface area (Å²) in [4.78, 5) is 17.7. The van der Waals surface area contributed by atoms with Crippen LogP contribution in [0, 0.1) is 5.82 Å². The van der Waals surface area contributed by atoms with E-state index in [4.69, 9.17) is 9.47 Å². The predicted molar refractivity (Wildman–Crippen MR) is 117 cm³/mol. The van der Waals surface area contributed by atoms with Gasteiger partial charge in [0, 0.05) is 25.6 Å². The van der Waals surface area contributed by atoms with Crippen molar-refractivity contribution in [2.24, 2.45) is 0 Å². The van der Waals surface area contributed by atoms with Crippen molar-refractivity contribution < 1.29 is 18.7 Å². The van der Waals surface area contributed by atoms with E-state index in [9.17, 15) is 9.18 Å². The molecule has 2 aromatic carbocycles. The third-order valence-electron chi connectivity index (χ3n) is 6.42. The van der Waals surface area contributed by atoms with Crippen LogP contribution in [-0.2, 0) is 20.7 Å². The van der Waals surface area contributed by atoms with E-state index in [1.165, 1.54) is 17.7 Å². The smallest absolute Gasteiger partial charge is 0.252 e. The molecule has 4 rings (SSSR count). The van der Waals surface area contributed by atoms with E-state index in [2.05, 4.69) is 17.0 Å². The van der Waals surface area contributed by atoms with Crippen LogP contribution in [0.2, 0.25) is 0 Å². The molecule has 1 saturated heterocycles. The maximum atomic E-state index is 13.7. The summed E-state index contributed by atoms with van der Waals surface area (Å²) in [5.41, 5.74) is 3.24. The first-order chi connectivity index (χ1) is 15.0. The van der Waals surface area contributed by atoms with Crippen LogP contribution >= 0.6 is 0 Å². The lowest BCUT2D eigenvalue weighted by Gasteiger charge is -2.43. The van der Waals surface area contributed by atoms with Crippen LogP contribution in [0.4, 0.5) is 4.39 Å². The molecule has 0 spiro atoms. The van der Waals surface area contributed by atoms with Crippen LogP contribution in [0.3, 0.4) is 0 Å². The Bertz CT molecular complexity index is 902. The van der Waals surface area contributed by atoms with Crippen molar-refractivity contribution >= 4 is 5.91 Å². The van der Waals surface area contributed by atoms with Gasteiger partial charge in [-0.2, -0.15) is 0 Å². The standard InChI is InChI=1S/C25H31FN2O3/c1-4-30-23-16-31-22(15-21(23)27(2)3)25(29)28-14-13-17-7-5-6-8-20(17)24(28)18-9-11-19(26)12-10-18/h5-12,21-24H,4,13-16H2,1-3H3/t21-,22+,23-,24-/m0/s1. The van der Waals surface area contributed by atoms with Crippen molar-refractivity contribution in [3.05, 3.63) is 71.0 Å². The number of likely N-dealkylation sites (N-methyl/N-ethyl adjacent to an activating group) is 1. The van der Waals surface area contributed by atoms with Crippen molar-refractivity contribution in [3.8, 4) is 0 Å². The van der Waals surface area contributed by atoms with Crippen LogP contribution < -0.4 is 0 Å². The number of hydrogen-bond donors (Lipinski definition) is 0. The lowest BCUT2D eigenvalue weighted by Crippen LogP contribution is -2.55. The maximum absolute atomic E-state index is 13.7. The first-order valence-corrected chi connectivity index (χ1v) is 11.0. The summed E-state index contributed by atoms with van der Waals surface area (Å²) in [5.74, 6) is -0.289. The molecule has 1 amide bonds. The lowest BCUT2D eigenvalue weighted by molar-refractivity contribution is -0.163. The number of hydrogen-bond acceptors (Lipinski definition) is 4. The number of fused-ring (bicyclic) bond motifs is 1. The van der Waals surface area contributed by atoms with Crippen LogP contribution in [0.25, 0.3) is 0 Å². The van der Waals surface area contributed by atoms with Crippen LogP contribution in [-0.4, -0.2) is 67.8 Å². The van der Waals surface area contributed by atoms with Gasteiger partial charge in [0.1, 0.15) is 11.9 Å². The molecule has 1 fully saturated rings. The molecule has 2 aliphatic rings. The van der Waals surface area contributed by atoms with E-state index >= 15 is 0 Å². The molecule has 0 saturated carbocycles. The highest BCUT2D eigenvalue weighted by atomic mass is 19.1. The SMILES string of the molecule is CCO[C@H]1CO[C@@H](C(=O)N2CCc3ccccc3[C@@H]2c2ccc(F)cc2)C[C@@H]1N(C)C. The number of halogens is 1. The van der Waals surface area contributed by atoms with Crippen molar-refractivity contribution in [1.82, 2.24) is 9.80 Å². The predicted octanol–water partition coefficient (Wildman–Crippen LogP) is 3.42. The summed E-state index contributed by atoms with van der Waals surface area (Å²) >= 11 is 0. The van der Waals surface area contributed by atoms with E-state index in [-0.39, 0.29) is 29.9 Å². The normalized spacial score (nSPS) is 26.0. The number of carbonyl (C=O) groups is 1. The Hall–Kier alpha value is -2.28. The molecule has 5 nitrogen and oxygen atoms in total. The number of nitrogens with zero attached hydrogens (tertiary/aromatic N) is 2. The molecule has 31 heavy (non-hydrogen) atoms. The van der Waals surface area contributed by atoms with Gasteiger partial charge in [-0.05, 0) is 56.3 Å². The molecule has 2 aliphatic heterocycles. The fourth-order valence-electron chi connectivity index (χ4n) is 4.84. The zero-order chi connectivity index (χ0) is 22.0. The maximum Gasteiger partial charge on any atom is 0.252 e. The molecule has 0 N–H and O–H groups in total. The van der Waals surface area contributed by atoms with Gasteiger partial charge in [0.25, 0.3) is 5.91 Å². The van der Waals surface area contributed by atoms with Gasteiger partial charge in [-0.15, -0.1) is 0 Å². The molecular weight excluding hydrogens is 395 g/mol. The fourth-order valence-corrected chi connectivity index (χ4v) is 4.84. The quantitative estimate of drug-likeness (QED) is 0.735. The Morgan fingerprint density at radius 1 is 1.19 bits per heavy atom. The summed E-state index contributed by atoms with van der Waals surface area (Å²) in [6, 6.07) is 14.5. The lowest BCUT2D eigenvalue weighted by atomic mass is 9.87. The Balaban J connectivity index is 1.62. The van der Waals surface area contributed by atoms with E-state index in [1.54, 1.807) is 12.1 Å². The van der Waals surface area contributed by atoms with Gasteiger partial charge in [-0.1, -0.05) is 36.4 Å². The van der Waals surface area contributed by atoms with Gasteiger partial charge in [-0.25, -0.2) is 4.39 Å². The zero-order valence-electron chi connectivity index (χ0n) is 18.5. The largest absolute Gasteiger partial charge is 0.374 e. The molecule has 2 heterocycles. The minimum Gasteiger partial charge on any atom is -0.374 e. The second-order valence-electron chi connectivity index (χ2n) is 8.52. The molecular formula is C25H31FN2O3. The third-order valence-corrected chi connectivity index (χ3v) is 6.42. The average Bonchev–Trinajstić information content (AvgIpc) is 2.79. The van der Waals surface area contributed by atoms with Crippen molar-refractivity contribution in [2.45, 2.75) is 44.1 Å². The molecule has 0 radical (unpaired) electrons. The van der Waals surface area contributed by atoms with Gasteiger partial charge in [0.2, 0.25) is 0 Å². The molecule has 166 valence electrons. The van der Waals surface area contributed by atoms with E-state index in [1.807, 2.05) is 38.1 Å². The molecule has 0 bridgehead atoms. The molecule has 6 heteroatoms. The molecule has 2 aromatic rings. The Morgan fingerprint density at radius 2 is 1.94 bits per heavy atom. The van der Waals surface area contributed by atoms with Crippen LogP contribution in [0.1, 0.15) is 36.1 Å². The Morgan fingerprint density at radius 3 is 2.65 bits per heavy atom. The fraction of sp³-hybridized carbons (Fsp3) is 0.480. The van der Waals surface area contributed by atoms with E-state index in [0.29, 0.717) is 26.2 Å².